The van der Waals surface area contributed by atoms with Gasteiger partial charge in [-0.15, -0.1) is 0 Å². The highest BCUT2D eigenvalue weighted by Gasteiger charge is 2.57. The molecule has 0 amide bonds. The SMILES string of the molecule is CC(C)(C)OC(=O)[C@@](O[Si](C)(C)C(C)(C)C)(c1ccccc1)[C@H](NS(=O)C(C)(C)C)c1ccc(Br)cc1. The van der Waals surface area contributed by atoms with Crippen molar-refractivity contribution in [3.63, 3.8) is 0 Å². The number of hydrogen-bond donors (Lipinski definition) is 1. The molecule has 0 radical (unpaired) electrons. The maximum Gasteiger partial charge on any atom is 0.344 e. The van der Waals surface area contributed by atoms with E-state index < -0.39 is 47.3 Å². The minimum atomic E-state index is -2.61. The lowest BCUT2D eigenvalue weighted by Crippen LogP contribution is -2.59. The van der Waals surface area contributed by atoms with Crippen molar-refractivity contribution in [3.8, 4) is 0 Å². The number of nitrogens with one attached hydrogen (secondary N) is 1. The van der Waals surface area contributed by atoms with E-state index in [1.54, 1.807) is 0 Å². The summed E-state index contributed by atoms with van der Waals surface area (Å²) in [5.74, 6) is -0.512. The molecule has 37 heavy (non-hydrogen) atoms. The molecule has 5 nitrogen and oxygen atoms in total. The number of halogens is 1. The third kappa shape index (κ3) is 7.85. The smallest absolute Gasteiger partial charge is 0.344 e. The predicted octanol–water partition coefficient (Wildman–Crippen LogP) is 7.80. The Morgan fingerprint density at radius 1 is 0.892 bits per heavy atom. The largest absolute Gasteiger partial charge is 0.458 e. The van der Waals surface area contributed by atoms with Crippen molar-refractivity contribution >= 4 is 41.2 Å². The number of carbonyl (C=O) groups excluding carboxylic acids is 1. The third-order valence-corrected chi connectivity index (χ3v) is 13.1. The molecule has 0 fully saturated rings. The quantitative estimate of drug-likeness (QED) is 0.245. The molecule has 0 aliphatic heterocycles. The summed E-state index contributed by atoms with van der Waals surface area (Å²) in [6.07, 6.45) is 0. The second kappa shape index (κ2) is 11.4. The molecule has 206 valence electrons. The molecule has 0 heterocycles. The second-order valence-corrected chi connectivity index (χ2v) is 20.6. The molecule has 2 aromatic rings. The number of carbonyl (C=O) groups is 1. The zero-order valence-electron chi connectivity index (χ0n) is 24.2. The standard InChI is InChI=1S/C29H44BrNO4SSi/c1-26(2,3)34-25(32)29(22-15-13-12-14-16-22,35-37(10,11)28(7,8)9)24(31-36(33)27(4,5)6)21-17-19-23(30)20-18-21/h12-20,24,31H,1-11H3/t24-,29-,36?/m1/s1. The van der Waals surface area contributed by atoms with Crippen molar-refractivity contribution in [1.82, 2.24) is 4.72 Å². The minimum Gasteiger partial charge on any atom is -0.458 e. The summed E-state index contributed by atoms with van der Waals surface area (Å²) < 4.78 is 30.6. The van der Waals surface area contributed by atoms with Gasteiger partial charge in [0.2, 0.25) is 5.60 Å². The van der Waals surface area contributed by atoms with E-state index in [0.29, 0.717) is 5.56 Å². The Labute approximate surface area is 236 Å². The fourth-order valence-electron chi connectivity index (χ4n) is 3.48. The van der Waals surface area contributed by atoms with Gasteiger partial charge in [0.15, 0.2) is 8.32 Å². The van der Waals surface area contributed by atoms with Crippen LogP contribution in [0.1, 0.15) is 79.5 Å². The van der Waals surface area contributed by atoms with Crippen LogP contribution < -0.4 is 4.72 Å². The average molecular weight is 611 g/mol. The lowest BCUT2D eigenvalue weighted by atomic mass is 9.82. The molecular weight excluding hydrogens is 566 g/mol. The molecule has 1 N–H and O–H groups in total. The first-order chi connectivity index (χ1) is 16.7. The molecule has 0 saturated heterocycles. The van der Waals surface area contributed by atoms with Gasteiger partial charge in [-0.2, -0.15) is 0 Å². The predicted molar refractivity (Wildman–Crippen MR) is 160 cm³/mol. The van der Waals surface area contributed by atoms with Crippen LogP contribution in [0, 0.1) is 0 Å². The van der Waals surface area contributed by atoms with E-state index in [-0.39, 0.29) is 5.04 Å². The number of benzene rings is 2. The molecule has 2 rings (SSSR count). The summed E-state index contributed by atoms with van der Waals surface area (Å²) in [5, 5.41) is -0.206. The Morgan fingerprint density at radius 3 is 1.84 bits per heavy atom. The van der Waals surface area contributed by atoms with Gasteiger partial charge >= 0.3 is 5.97 Å². The molecular formula is C29H44BrNO4SSi. The van der Waals surface area contributed by atoms with Gasteiger partial charge in [-0.3, -0.25) is 0 Å². The van der Waals surface area contributed by atoms with Crippen molar-refractivity contribution in [2.75, 3.05) is 0 Å². The highest BCUT2D eigenvalue weighted by Crippen LogP contribution is 2.48. The van der Waals surface area contributed by atoms with E-state index in [0.717, 1.165) is 10.0 Å². The molecule has 8 heteroatoms. The highest BCUT2D eigenvalue weighted by molar-refractivity contribution is 9.10. The fourth-order valence-corrected chi connectivity index (χ4v) is 6.05. The third-order valence-electron chi connectivity index (χ3n) is 6.52. The van der Waals surface area contributed by atoms with Gasteiger partial charge in [-0.25, -0.2) is 13.7 Å². The van der Waals surface area contributed by atoms with E-state index in [2.05, 4.69) is 54.5 Å². The number of esters is 1. The van der Waals surface area contributed by atoms with Crippen LogP contribution in [0.25, 0.3) is 0 Å². The Hall–Kier alpha value is -1.32. The van der Waals surface area contributed by atoms with Crippen molar-refractivity contribution in [1.29, 1.82) is 0 Å². The molecule has 0 saturated carbocycles. The van der Waals surface area contributed by atoms with Crippen molar-refractivity contribution in [2.45, 2.75) is 102 Å². The van der Waals surface area contributed by atoms with Gasteiger partial charge in [0.05, 0.1) is 21.8 Å². The van der Waals surface area contributed by atoms with Crippen LogP contribution >= 0.6 is 15.9 Å². The van der Waals surface area contributed by atoms with E-state index in [1.165, 1.54) is 0 Å². The Balaban J connectivity index is 3.00. The van der Waals surface area contributed by atoms with Crippen molar-refractivity contribution in [2.24, 2.45) is 0 Å². The Kier molecular flexibility index (Phi) is 9.85. The molecule has 0 aliphatic carbocycles. The van der Waals surface area contributed by atoms with E-state index >= 15 is 0 Å². The summed E-state index contributed by atoms with van der Waals surface area (Å²) in [4.78, 5) is 14.5. The van der Waals surface area contributed by atoms with Crippen LogP contribution in [0.2, 0.25) is 18.1 Å². The zero-order chi connectivity index (χ0) is 28.4. The Bertz CT molecular complexity index is 1090. The first-order valence-corrected chi connectivity index (χ1v) is 17.5. The van der Waals surface area contributed by atoms with Crippen LogP contribution in [0.5, 0.6) is 0 Å². The van der Waals surface area contributed by atoms with Crippen LogP contribution in [0.3, 0.4) is 0 Å². The molecule has 0 spiro atoms. The molecule has 3 atom stereocenters. The maximum atomic E-state index is 14.5. The van der Waals surface area contributed by atoms with Gasteiger partial charge in [0.1, 0.15) is 5.60 Å². The normalized spacial score (nSPS) is 16.5. The van der Waals surface area contributed by atoms with Crippen molar-refractivity contribution < 1.29 is 18.2 Å². The average Bonchev–Trinajstić information content (AvgIpc) is 2.74. The lowest BCUT2D eigenvalue weighted by molar-refractivity contribution is -0.179. The maximum absolute atomic E-state index is 14.5. The summed E-state index contributed by atoms with van der Waals surface area (Å²) in [6.45, 7) is 21.9. The molecule has 1 unspecified atom stereocenters. The van der Waals surface area contributed by atoms with Crippen molar-refractivity contribution in [3.05, 3.63) is 70.2 Å². The number of ether oxygens (including phenoxy) is 1. The zero-order valence-corrected chi connectivity index (χ0v) is 27.6. The Morgan fingerprint density at radius 2 is 1.41 bits per heavy atom. The molecule has 0 aromatic heterocycles. The lowest BCUT2D eigenvalue weighted by Gasteiger charge is -2.48. The summed E-state index contributed by atoms with van der Waals surface area (Å²) in [6, 6.07) is 16.4. The van der Waals surface area contributed by atoms with Crippen LogP contribution in [-0.2, 0) is 30.5 Å². The van der Waals surface area contributed by atoms with Gasteiger partial charge in [0, 0.05) is 4.47 Å². The van der Waals surface area contributed by atoms with Crippen LogP contribution in [0.15, 0.2) is 59.1 Å². The highest BCUT2D eigenvalue weighted by atomic mass is 79.9. The number of hydrogen-bond acceptors (Lipinski definition) is 4. The second-order valence-electron chi connectivity index (χ2n) is 12.9. The topological polar surface area (TPSA) is 64.6 Å². The first kappa shape index (κ1) is 31.9. The summed E-state index contributed by atoms with van der Waals surface area (Å²) >= 11 is 3.52. The van der Waals surface area contributed by atoms with Gasteiger partial charge in [-0.1, -0.05) is 79.2 Å². The van der Waals surface area contributed by atoms with Gasteiger partial charge in [0.25, 0.3) is 0 Å². The van der Waals surface area contributed by atoms with Crippen LogP contribution in [0.4, 0.5) is 0 Å². The van der Waals surface area contributed by atoms with E-state index in [9.17, 15) is 9.00 Å². The van der Waals surface area contributed by atoms with Crippen LogP contribution in [-0.4, -0.2) is 28.8 Å². The van der Waals surface area contributed by atoms with E-state index in [1.807, 2.05) is 96.1 Å². The minimum absolute atomic E-state index is 0.206. The fraction of sp³-hybridized carbons (Fsp3) is 0.552. The van der Waals surface area contributed by atoms with E-state index in [4.69, 9.17) is 9.16 Å². The van der Waals surface area contributed by atoms with Gasteiger partial charge < -0.3 is 9.16 Å². The first-order valence-electron chi connectivity index (χ1n) is 12.6. The molecule has 0 aliphatic rings. The summed E-state index contributed by atoms with van der Waals surface area (Å²) in [5.41, 5.74) is -0.942. The summed E-state index contributed by atoms with van der Waals surface area (Å²) in [7, 11) is -4.13. The number of rotatable bonds is 8. The molecule has 0 bridgehead atoms. The monoisotopic (exact) mass is 609 g/mol. The van der Waals surface area contributed by atoms with Gasteiger partial charge in [-0.05, 0) is 82.9 Å². The molecule has 2 aromatic carbocycles.